The lowest BCUT2D eigenvalue weighted by Crippen LogP contribution is -2.46. The first-order valence-corrected chi connectivity index (χ1v) is 12.2. The highest BCUT2D eigenvalue weighted by atomic mass is 35.5. The van der Waals surface area contributed by atoms with Gasteiger partial charge in [0.15, 0.2) is 0 Å². The molecule has 0 aliphatic carbocycles. The summed E-state index contributed by atoms with van der Waals surface area (Å²) in [5.41, 5.74) is 2.29. The van der Waals surface area contributed by atoms with Crippen molar-refractivity contribution in [2.24, 2.45) is 0 Å². The average Bonchev–Trinajstić information content (AvgIpc) is 3.29. The number of piperidine rings is 1. The van der Waals surface area contributed by atoms with Crippen LogP contribution < -0.4 is 10.6 Å². The van der Waals surface area contributed by atoms with Crippen LogP contribution in [-0.4, -0.2) is 28.6 Å². The van der Waals surface area contributed by atoms with Crippen molar-refractivity contribution in [3.63, 3.8) is 0 Å². The number of carbonyl (C=O) groups excluding carboxylic acids is 1. The molecule has 2 aromatic rings. The second kappa shape index (κ2) is 15.0. The van der Waals surface area contributed by atoms with Crippen LogP contribution in [0.4, 0.5) is 0 Å². The minimum absolute atomic E-state index is 0. The molecule has 6 nitrogen and oxygen atoms in total. The lowest BCUT2D eigenvalue weighted by Gasteiger charge is -2.22. The number of nitrogens with one attached hydrogen (secondary N) is 2. The first-order chi connectivity index (χ1) is 15.3. The van der Waals surface area contributed by atoms with E-state index in [1.807, 2.05) is 0 Å². The van der Waals surface area contributed by atoms with E-state index in [2.05, 4.69) is 52.0 Å². The van der Waals surface area contributed by atoms with Gasteiger partial charge in [-0.25, -0.2) is 0 Å². The van der Waals surface area contributed by atoms with Gasteiger partial charge in [-0.15, -0.1) is 12.4 Å². The van der Waals surface area contributed by atoms with E-state index in [4.69, 9.17) is 4.52 Å². The third-order valence-corrected chi connectivity index (χ3v) is 6.04. The van der Waals surface area contributed by atoms with Crippen molar-refractivity contribution in [3.8, 4) is 11.4 Å². The third-order valence-electron chi connectivity index (χ3n) is 6.04. The molecule has 0 radical (unpaired) electrons. The lowest BCUT2D eigenvalue weighted by molar-refractivity contribution is -0.123. The number of amides is 1. The van der Waals surface area contributed by atoms with Gasteiger partial charge < -0.3 is 15.2 Å². The zero-order valence-electron chi connectivity index (χ0n) is 19.4. The van der Waals surface area contributed by atoms with Gasteiger partial charge in [0.1, 0.15) is 0 Å². The summed E-state index contributed by atoms with van der Waals surface area (Å²) in [5.74, 6) is 1.01. The van der Waals surface area contributed by atoms with E-state index in [-0.39, 0.29) is 30.9 Å². The van der Waals surface area contributed by atoms with Crippen LogP contribution in [0.3, 0.4) is 0 Å². The minimum atomic E-state index is -0.107. The Hall–Kier alpha value is -1.92. The number of hydrogen-bond donors (Lipinski definition) is 2. The molecule has 178 valence electrons. The average molecular weight is 463 g/mol. The SMILES string of the molecule is CCCCCCCCCCc1ccc(-c2noc(CNC(=O)C3CCCCN3)n2)cc1.Cl. The number of aryl methyl sites for hydroxylation is 1. The molecule has 7 heteroatoms. The smallest absolute Gasteiger partial charge is 0.246 e. The zero-order chi connectivity index (χ0) is 21.7. The van der Waals surface area contributed by atoms with E-state index in [0.29, 0.717) is 11.7 Å². The molecule has 1 amide bonds. The van der Waals surface area contributed by atoms with Crippen LogP contribution >= 0.6 is 12.4 Å². The minimum Gasteiger partial charge on any atom is -0.346 e. The second-order valence-electron chi connectivity index (χ2n) is 8.65. The Kier molecular flexibility index (Phi) is 12.4. The maximum atomic E-state index is 12.2. The molecule has 2 N–H and O–H groups in total. The van der Waals surface area contributed by atoms with Gasteiger partial charge in [-0.05, 0) is 37.8 Å². The summed E-state index contributed by atoms with van der Waals surface area (Å²) in [7, 11) is 0. The number of carbonyl (C=O) groups is 1. The molecule has 1 aliphatic rings. The highest BCUT2D eigenvalue weighted by molar-refractivity contribution is 5.85. The van der Waals surface area contributed by atoms with Crippen LogP contribution in [0.1, 0.15) is 89.0 Å². The fourth-order valence-electron chi connectivity index (χ4n) is 4.09. The standard InChI is InChI=1S/C25H38N4O2.ClH/c1-2-3-4-5-6-7-8-9-12-20-14-16-21(17-15-20)24-28-23(31-29-24)19-27-25(30)22-13-10-11-18-26-22;/h14-17,22,26H,2-13,18-19H2,1H3,(H,27,30);1H. The molecule has 1 atom stereocenters. The van der Waals surface area contributed by atoms with E-state index >= 15 is 0 Å². The van der Waals surface area contributed by atoms with E-state index in [1.54, 1.807) is 0 Å². The van der Waals surface area contributed by atoms with Gasteiger partial charge in [0, 0.05) is 5.56 Å². The summed E-state index contributed by atoms with van der Waals surface area (Å²) >= 11 is 0. The summed E-state index contributed by atoms with van der Waals surface area (Å²) in [4.78, 5) is 16.6. The Balaban J connectivity index is 0.00000363. The first-order valence-electron chi connectivity index (χ1n) is 12.2. The van der Waals surface area contributed by atoms with Crippen molar-refractivity contribution in [2.45, 2.75) is 96.6 Å². The quantitative estimate of drug-likeness (QED) is 0.379. The molecule has 1 saturated heterocycles. The summed E-state index contributed by atoms with van der Waals surface area (Å²) in [6, 6.07) is 8.31. The molecule has 0 bridgehead atoms. The summed E-state index contributed by atoms with van der Waals surface area (Å²) in [6.07, 6.45) is 15.0. The predicted molar refractivity (Wildman–Crippen MR) is 131 cm³/mol. The van der Waals surface area contributed by atoms with E-state index in [0.717, 1.165) is 37.8 Å². The fraction of sp³-hybridized carbons (Fsp3) is 0.640. The normalized spacial score (nSPS) is 15.8. The summed E-state index contributed by atoms with van der Waals surface area (Å²) < 4.78 is 5.32. The molecule has 0 spiro atoms. The van der Waals surface area contributed by atoms with E-state index < -0.39 is 0 Å². The van der Waals surface area contributed by atoms with Gasteiger partial charge in [-0.3, -0.25) is 4.79 Å². The molecule has 0 saturated carbocycles. The molecule has 1 fully saturated rings. The molecule has 1 aliphatic heterocycles. The van der Waals surface area contributed by atoms with Crippen LogP contribution in [0.25, 0.3) is 11.4 Å². The Morgan fingerprint density at radius 3 is 2.47 bits per heavy atom. The highest BCUT2D eigenvalue weighted by Gasteiger charge is 2.20. The Morgan fingerprint density at radius 2 is 1.78 bits per heavy atom. The number of aromatic nitrogens is 2. The molecular formula is C25H39ClN4O2. The summed E-state index contributed by atoms with van der Waals surface area (Å²) in [6.45, 7) is 3.43. The van der Waals surface area contributed by atoms with Gasteiger partial charge in [0.05, 0.1) is 12.6 Å². The second-order valence-corrected chi connectivity index (χ2v) is 8.65. The lowest BCUT2D eigenvalue weighted by atomic mass is 10.0. The predicted octanol–water partition coefficient (Wildman–Crippen LogP) is 5.60. The maximum Gasteiger partial charge on any atom is 0.246 e. The molecular weight excluding hydrogens is 424 g/mol. The van der Waals surface area contributed by atoms with Crippen molar-refractivity contribution in [2.75, 3.05) is 6.54 Å². The number of unbranched alkanes of at least 4 members (excludes halogenated alkanes) is 7. The van der Waals surface area contributed by atoms with Crippen molar-refractivity contribution >= 4 is 18.3 Å². The van der Waals surface area contributed by atoms with Crippen LogP contribution in [0, 0.1) is 0 Å². The molecule has 3 rings (SSSR count). The Labute approximate surface area is 198 Å². The first kappa shape index (κ1) is 26.3. The summed E-state index contributed by atoms with van der Waals surface area (Å²) in [5, 5.41) is 10.2. The molecule has 1 unspecified atom stereocenters. The van der Waals surface area contributed by atoms with Crippen molar-refractivity contribution in [1.29, 1.82) is 0 Å². The van der Waals surface area contributed by atoms with Crippen molar-refractivity contribution in [3.05, 3.63) is 35.7 Å². The van der Waals surface area contributed by atoms with Gasteiger partial charge >= 0.3 is 0 Å². The van der Waals surface area contributed by atoms with E-state index in [9.17, 15) is 4.79 Å². The molecule has 32 heavy (non-hydrogen) atoms. The zero-order valence-corrected chi connectivity index (χ0v) is 20.2. The number of benzene rings is 1. The number of nitrogens with zero attached hydrogens (tertiary/aromatic N) is 2. The monoisotopic (exact) mass is 462 g/mol. The molecule has 1 aromatic carbocycles. The van der Waals surface area contributed by atoms with Gasteiger partial charge in [-0.1, -0.05) is 87.7 Å². The topological polar surface area (TPSA) is 80.0 Å². The Morgan fingerprint density at radius 1 is 1.06 bits per heavy atom. The van der Waals surface area contributed by atoms with E-state index in [1.165, 1.54) is 56.9 Å². The number of hydrogen-bond acceptors (Lipinski definition) is 5. The van der Waals surface area contributed by atoms with Gasteiger partial charge in [-0.2, -0.15) is 4.98 Å². The Bertz CT molecular complexity index is 773. The highest BCUT2D eigenvalue weighted by Crippen LogP contribution is 2.18. The van der Waals surface area contributed by atoms with Crippen molar-refractivity contribution < 1.29 is 9.32 Å². The van der Waals surface area contributed by atoms with Gasteiger partial charge in [0.2, 0.25) is 17.6 Å². The maximum absolute atomic E-state index is 12.2. The van der Waals surface area contributed by atoms with Crippen LogP contribution in [0.15, 0.2) is 28.8 Å². The van der Waals surface area contributed by atoms with Crippen LogP contribution in [0.5, 0.6) is 0 Å². The number of halogens is 1. The number of rotatable bonds is 13. The fourth-order valence-corrected chi connectivity index (χ4v) is 4.09. The van der Waals surface area contributed by atoms with Gasteiger partial charge in [0.25, 0.3) is 0 Å². The van der Waals surface area contributed by atoms with Crippen LogP contribution in [0.2, 0.25) is 0 Å². The largest absolute Gasteiger partial charge is 0.346 e. The third kappa shape index (κ3) is 8.91. The molecule has 2 heterocycles. The van der Waals surface area contributed by atoms with Crippen LogP contribution in [-0.2, 0) is 17.8 Å². The molecule has 1 aromatic heterocycles. The van der Waals surface area contributed by atoms with Crippen molar-refractivity contribution in [1.82, 2.24) is 20.8 Å².